The third kappa shape index (κ3) is 11.6. The molecular formula is C31H40N4O5S. The molecule has 3 N–H and O–H groups in total. The van der Waals surface area contributed by atoms with Gasteiger partial charge in [0.1, 0.15) is 30.0 Å². The number of benzene rings is 2. The van der Waals surface area contributed by atoms with Crippen molar-refractivity contribution in [3.8, 4) is 5.75 Å². The highest BCUT2D eigenvalue weighted by atomic mass is 32.1. The third-order valence-electron chi connectivity index (χ3n) is 5.65. The van der Waals surface area contributed by atoms with Crippen LogP contribution >= 0.6 is 11.3 Å². The van der Waals surface area contributed by atoms with Crippen molar-refractivity contribution in [1.29, 1.82) is 0 Å². The van der Waals surface area contributed by atoms with E-state index in [2.05, 4.69) is 20.9 Å². The molecule has 220 valence electrons. The highest BCUT2D eigenvalue weighted by Crippen LogP contribution is 2.16. The molecule has 0 radical (unpaired) electrons. The van der Waals surface area contributed by atoms with Crippen molar-refractivity contribution in [2.75, 3.05) is 0 Å². The van der Waals surface area contributed by atoms with Crippen LogP contribution in [0.3, 0.4) is 0 Å². The summed E-state index contributed by atoms with van der Waals surface area (Å²) in [5.41, 5.74) is 2.95. The van der Waals surface area contributed by atoms with Crippen LogP contribution in [0.15, 0.2) is 65.5 Å². The van der Waals surface area contributed by atoms with E-state index in [9.17, 15) is 14.4 Å². The van der Waals surface area contributed by atoms with Crippen molar-refractivity contribution < 1.29 is 23.9 Å². The van der Waals surface area contributed by atoms with E-state index in [0.717, 1.165) is 11.1 Å². The highest BCUT2D eigenvalue weighted by molar-refractivity contribution is 7.07. The number of carbonyl (C=O) groups is 3. The Bertz CT molecular complexity index is 1270. The minimum atomic E-state index is -0.995. The van der Waals surface area contributed by atoms with Gasteiger partial charge in [0.05, 0.1) is 11.2 Å². The van der Waals surface area contributed by atoms with Gasteiger partial charge >= 0.3 is 6.09 Å². The Balaban J connectivity index is 1.74. The van der Waals surface area contributed by atoms with Gasteiger partial charge in [0, 0.05) is 23.8 Å². The molecule has 3 rings (SSSR count). The summed E-state index contributed by atoms with van der Waals surface area (Å²) in [6.07, 6.45) is -0.340. The van der Waals surface area contributed by atoms with Crippen molar-refractivity contribution >= 4 is 29.2 Å². The van der Waals surface area contributed by atoms with Crippen LogP contribution in [0.2, 0.25) is 0 Å². The topological polar surface area (TPSA) is 119 Å². The van der Waals surface area contributed by atoms with E-state index in [1.807, 2.05) is 80.7 Å². The predicted molar refractivity (Wildman–Crippen MR) is 160 cm³/mol. The first-order valence-electron chi connectivity index (χ1n) is 13.5. The summed E-state index contributed by atoms with van der Waals surface area (Å²) in [7, 11) is 0. The largest absolute Gasteiger partial charge is 0.489 e. The van der Waals surface area contributed by atoms with Crippen molar-refractivity contribution in [3.05, 3.63) is 82.3 Å². The molecular weight excluding hydrogens is 540 g/mol. The minimum absolute atomic E-state index is 0.148. The highest BCUT2D eigenvalue weighted by Gasteiger charge is 2.30. The molecule has 2 aromatic carbocycles. The Hall–Kier alpha value is -3.92. The zero-order valence-corrected chi connectivity index (χ0v) is 25.3. The molecule has 3 amide bonds. The molecule has 2 atom stereocenters. The molecule has 9 nitrogen and oxygen atoms in total. The average molecular weight is 581 g/mol. The summed E-state index contributed by atoms with van der Waals surface area (Å²) in [5, 5.41) is 10.3. The summed E-state index contributed by atoms with van der Waals surface area (Å²) in [6.45, 7) is 11.3. The first-order chi connectivity index (χ1) is 19.3. The maximum absolute atomic E-state index is 13.5. The van der Waals surface area contributed by atoms with E-state index in [1.165, 1.54) is 11.3 Å². The average Bonchev–Trinajstić information content (AvgIpc) is 3.39. The molecule has 1 heterocycles. The maximum Gasteiger partial charge on any atom is 0.408 e. The van der Waals surface area contributed by atoms with Gasteiger partial charge in [0.25, 0.3) is 0 Å². The first kappa shape index (κ1) is 31.6. The monoisotopic (exact) mass is 580 g/mol. The quantitative estimate of drug-likeness (QED) is 0.300. The molecule has 1 aromatic heterocycles. The number of nitrogens with zero attached hydrogens (tertiary/aromatic N) is 1. The van der Waals surface area contributed by atoms with Crippen LogP contribution in [-0.4, -0.2) is 46.1 Å². The van der Waals surface area contributed by atoms with Gasteiger partial charge in [-0.15, -0.1) is 11.3 Å². The summed E-state index contributed by atoms with van der Waals surface area (Å²) >= 11 is 1.39. The molecule has 0 aliphatic heterocycles. The van der Waals surface area contributed by atoms with E-state index >= 15 is 0 Å². The fourth-order valence-corrected chi connectivity index (χ4v) is 4.41. The van der Waals surface area contributed by atoms with E-state index in [1.54, 1.807) is 26.3 Å². The lowest BCUT2D eigenvalue weighted by Gasteiger charge is -2.27. The zero-order valence-electron chi connectivity index (χ0n) is 24.5. The van der Waals surface area contributed by atoms with Gasteiger partial charge in [0.15, 0.2) is 0 Å². The number of thiazole rings is 1. The number of alkyl carbamates (subject to hydrolysis) is 1. The van der Waals surface area contributed by atoms with Crippen molar-refractivity contribution in [2.45, 2.75) is 84.2 Å². The molecule has 3 aromatic rings. The van der Waals surface area contributed by atoms with Crippen LogP contribution in [-0.2, 0) is 33.8 Å². The standard InChI is InChI=1S/C31H40N4O5S/c1-30(2,3)35-28(37)25(16-21-12-14-24(15-13-21)39-18-22-10-8-7-9-11-22)33-27(36)26(17-23-19-41-20-32-23)34-29(38)40-31(4,5)6/h7-15,19-20,25-26H,16-18H2,1-6H3,(H,33,36)(H,34,38)(H,35,37). The number of carbonyl (C=O) groups excluding carboxylic acids is 3. The third-order valence-corrected chi connectivity index (χ3v) is 6.28. The second-order valence-electron chi connectivity index (χ2n) is 11.8. The summed E-state index contributed by atoms with van der Waals surface area (Å²) < 4.78 is 11.2. The molecule has 0 aliphatic rings. The summed E-state index contributed by atoms with van der Waals surface area (Å²) in [4.78, 5) is 43.6. The van der Waals surface area contributed by atoms with Gasteiger partial charge in [-0.2, -0.15) is 0 Å². The molecule has 2 unspecified atom stereocenters. The lowest BCUT2D eigenvalue weighted by atomic mass is 10.0. The maximum atomic E-state index is 13.5. The lowest BCUT2D eigenvalue weighted by Crippen LogP contribution is -2.57. The van der Waals surface area contributed by atoms with Crippen LogP contribution in [0.25, 0.3) is 0 Å². The van der Waals surface area contributed by atoms with Crippen molar-refractivity contribution in [2.24, 2.45) is 0 Å². The number of rotatable bonds is 11. The Labute approximate surface area is 246 Å². The number of hydrogen-bond donors (Lipinski definition) is 3. The summed E-state index contributed by atoms with van der Waals surface area (Å²) in [6, 6.07) is 15.4. The Morgan fingerprint density at radius 3 is 2.07 bits per heavy atom. The SMILES string of the molecule is CC(C)(C)NC(=O)C(Cc1ccc(OCc2ccccc2)cc1)NC(=O)C(Cc1cscn1)NC(=O)OC(C)(C)C. The van der Waals surface area contributed by atoms with Crippen LogP contribution in [0.5, 0.6) is 5.75 Å². The van der Waals surface area contributed by atoms with Gasteiger partial charge in [-0.25, -0.2) is 9.78 Å². The second kappa shape index (κ2) is 14.1. The number of ether oxygens (including phenoxy) is 2. The lowest BCUT2D eigenvalue weighted by molar-refractivity contribution is -0.130. The van der Waals surface area contributed by atoms with Crippen LogP contribution in [0.1, 0.15) is 58.4 Å². The summed E-state index contributed by atoms with van der Waals surface area (Å²) in [5.74, 6) is -0.150. The second-order valence-corrected chi connectivity index (χ2v) is 12.5. The molecule has 0 aliphatic carbocycles. The minimum Gasteiger partial charge on any atom is -0.489 e. The van der Waals surface area contributed by atoms with Gasteiger partial charge in [-0.05, 0) is 64.8 Å². The molecule has 10 heteroatoms. The van der Waals surface area contributed by atoms with Crippen LogP contribution in [0.4, 0.5) is 4.79 Å². The zero-order chi connectivity index (χ0) is 30.0. The van der Waals surface area contributed by atoms with E-state index in [4.69, 9.17) is 9.47 Å². The molecule has 0 saturated heterocycles. The van der Waals surface area contributed by atoms with Crippen LogP contribution in [0, 0.1) is 0 Å². The van der Waals surface area contributed by atoms with Gasteiger partial charge in [-0.1, -0.05) is 42.5 Å². The molecule has 0 saturated carbocycles. The number of hydrogen-bond acceptors (Lipinski definition) is 7. The Morgan fingerprint density at radius 2 is 1.49 bits per heavy atom. The van der Waals surface area contributed by atoms with Gasteiger partial charge in [0.2, 0.25) is 11.8 Å². The van der Waals surface area contributed by atoms with Crippen molar-refractivity contribution in [1.82, 2.24) is 20.9 Å². The van der Waals surface area contributed by atoms with Crippen LogP contribution < -0.4 is 20.7 Å². The van der Waals surface area contributed by atoms with E-state index in [-0.39, 0.29) is 18.7 Å². The molecule has 0 spiro atoms. The van der Waals surface area contributed by atoms with Gasteiger partial charge in [-0.3, -0.25) is 9.59 Å². The predicted octanol–water partition coefficient (Wildman–Crippen LogP) is 4.80. The van der Waals surface area contributed by atoms with E-state index < -0.39 is 35.2 Å². The number of aromatic nitrogens is 1. The Morgan fingerprint density at radius 1 is 0.829 bits per heavy atom. The normalized spacial score (nSPS) is 13.0. The van der Waals surface area contributed by atoms with E-state index in [0.29, 0.717) is 18.1 Å². The first-order valence-corrected chi connectivity index (χ1v) is 14.5. The Kier molecular flexibility index (Phi) is 10.9. The van der Waals surface area contributed by atoms with Crippen molar-refractivity contribution in [3.63, 3.8) is 0 Å². The van der Waals surface area contributed by atoms with Gasteiger partial charge < -0.3 is 25.4 Å². The molecule has 0 bridgehead atoms. The fourth-order valence-electron chi connectivity index (χ4n) is 3.84. The molecule has 41 heavy (non-hydrogen) atoms. The fraction of sp³-hybridized carbons (Fsp3) is 0.419. The smallest absolute Gasteiger partial charge is 0.408 e. The molecule has 0 fully saturated rings. The number of nitrogens with one attached hydrogen (secondary N) is 3. The number of amides is 3.